The predicted molar refractivity (Wildman–Crippen MR) is 86.7 cm³/mol. The van der Waals surface area contributed by atoms with Gasteiger partial charge in [0.25, 0.3) is 5.91 Å². The van der Waals surface area contributed by atoms with Crippen LogP contribution in [0.4, 0.5) is 0 Å². The van der Waals surface area contributed by atoms with E-state index in [2.05, 4.69) is 5.32 Å². The lowest BCUT2D eigenvalue weighted by molar-refractivity contribution is -0.125. The summed E-state index contributed by atoms with van der Waals surface area (Å²) in [5.74, 6) is 0.356. The van der Waals surface area contributed by atoms with Crippen LogP contribution in [-0.4, -0.2) is 41.9 Å². The van der Waals surface area contributed by atoms with Crippen LogP contribution in [0.1, 0.15) is 41.8 Å². The molecular formula is C16H23N3O2S. The lowest BCUT2D eigenvalue weighted by atomic mass is 10.0. The molecule has 1 saturated heterocycles. The Bertz CT molecular complexity index is 532. The second-order valence-electron chi connectivity index (χ2n) is 6.18. The zero-order valence-electron chi connectivity index (χ0n) is 12.7. The standard InChI is InChI=1S/C16H23N3O2S/c17-10-11-4-1-5-12(11)18-15(20)13-6-2-8-19(13)16(21)14-7-3-9-22-14/h3,7,9,11-13H,1-2,4-6,8,10,17H2,(H,18,20). The molecular weight excluding hydrogens is 298 g/mol. The second-order valence-corrected chi connectivity index (χ2v) is 7.12. The minimum absolute atomic E-state index is 0.00671. The van der Waals surface area contributed by atoms with Crippen LogP contribution in [0.15, 0.2) is 17.5 Å². The summed E-state index contributed by atoms with van der Waals surface area (Å²) in [6.07, 6.45) is 4.85. The van der Waals surface area contributed by atoms with Crippen LogP contribution in [0.25, 0.3) is 0 Å². The second kappa shape index (κ2) is 6.79. The molecule has 3 rings (SSSR count). The van der Waals surface area contributed by atoms with E-state index in [1.807, 2.05) is 17.5 Å². The maximum Gasteiger partial charge on any atom is 0.264 e. The fourth-order valence-electron chi connectivity index (χ4n) is 3.61. The molecule has 5 nitrogen and oxygen atoms in total. The summed E-state index contributed by atoms with van der Waals surface area (Å²) in [4.78, 5) is 27.6. The van der Waals surface area contributed by atoms with Crippen molar-refractivity contribution in [2.45, 2.75) is 44.2 Å². The van der Waals surface area contributed by atoms with Crippen molar-refractivity contribution in [3.05, 3.63) is 22.4 Å². The number of rotatable bonds is 4. The van der Waals surface area contributed by atoms with Crippen molar-refractivity contribution < 1.29 is 9.59 Å². The number of nitrogens with one attached hydrogen (secondary N) is 1. The summed E-state index contributed by atoms with van der Waals surface area (Å²) < 4.78 is 0. The Labute approximate surface area is 134 Å². The highest BCUT2D eigenvalue weighted by atomic mass is 32.1. The first-order chi connectivity index (χ1) is 10.7. The highest BCUT2D eigenvalue weighted by Crippen LogP contribution is 2.26. The quantitative estimate of drug-likeness (QED) is 0.884. The third kappa shape index (κ3) is 3.03. The minimum Gasteiger partial charge on any atom is -0.351 e. The van der Waals surface area contributed by atoms with Gasteiger partial charge in [-0.3, -0.25) is 9.59 Å². The number of hydrogen-bond donors (Lipinski definition) is 2. The lowest BCUT2D eigenvalue weighted by Crippen LogP contribution is -2.50. The van der Waals surface area contributed by atoms with Gasteiger partial charge >= 0.3 is 0 Å². The Kier molecular flexibility index (Phi) is 4.78. The summed E-state index contributed by atoms with van der Waals surface area (Å²) in [5, 5.41) is 5.03. The maximum absolute atomic E-state index is 12.6. The van der Waals surface area contributed by atoms with Crippen molar-refractivity contribution in [3.8, 4) is 0 Å². The van der Waals surface area contributed by atoms with Crippen molar-refractivity contribution in [1.29, 1.82) is 0 Å². The highest BCUT2D eigenvalue weighted by Gasteiger charge is 2.37. The molecule has 22 heavy (non-hydrogen) atoms. The van der Waals surface area contributed by atoms with Crippen LogP contribution in [0, 0.1) is 5.92 Å². The van der Waals surface area contributed by atoms with Crippen molar-refractivity contribution in [2.75, 3.05) is 13.1 Å². The van der Waals surface area contributed by atoms with Gasteiger partial charge in [-0.25, -0.2) is 0 Å². The molecule has 0 aromatic carbocycles. The van der Waals surface area contributed by atoms with E-state index in [0.29, 0.717) is 23.9 Å². The third-order valence-corrected chi connectivity index (χ3v) is 5.70. The largest absolute Gasteiger partial charge is 0.351 e. The molecule has 6 heteroatoms. The molecule has 2 aliphatic rings. The van der Waals surface area contributed by atoms with Crippen LogP contribution in [0.5, 0.6) is 0 Å². The van der Waals surface area contributed by atoms with Crippen LogP contribution < -0.4 is 11.1 Å². The summed E-state index contributed by atoms with van der Waals surface area (Å²) in [7, 11) is 0. The average molecular weight is 321 g/mol. The Hall–Kier alpha value is -1.40. The molecule has 3 atom stereocenters. The number of carbonyl (C=O) groups excluding carboxylic acids is 2. The number of carbonyl (C=O) groups is 2. The summed E-state index contributed by atoms with van der Waals surface area (Å²) in [5.41, 5.74) is 5.78. The minimum atomic E-state index is -0.325. The predicted octanol–water partition coefficient (Wildman–Crippen LogP) is 1.60. The van der Waals surface area contributed by atoms with Gasteiger partial charge in [0, 0.05) is 12.6 Å². The Morgan fingerprint density at radius 2 is 2.18 bits per heavy atom. The van der Waals surface area contributed by atoms with E-state index in [1.165, 1.54) is 11.3 Å². The van der Waals surface area contributed by atoms with Gasteiger partial charge in [-0.2, -0.15) is 0 Å². The van der Waals surface area contributed by atoms with Crippen molar-refractivity contribution in [2.24, 2.45) is 11.7 Å². The van der Waals surface area contributed by atoms with Gasteiger partial charge in [0.15, 0.2) is 0 Å². The molecule has 2 amide bonds. The molecule has 1 aromatic heterocycles. The Morgan fingerprint density at radius 1 is 1.32 bits per heavy atom. The number of thiophene rings is 1. The third-order valence-electron chi connectivity index (χ3n) is 4.84. The van der Waals surface area contributed by atoms with Crippen LogP contribution in [0.3, 0.4) is 0 Å². The van der Waals surface area contributed by atoms with Gasteiger partial charge in [-0.1, -0.05) is 12.5 Å². The van der Waals surface area contributed by atoms with Gasteiger partial charge in [0.1, 0.15) is 6.04 Å². The zero-order valence-corrected chi connectivity index (χ0v) is 13.5. The molecule has 1 saturated carbocycles. The maximum atomic E-state index is 12.6. The fourth-order valence-corrected chi connectivity index (χ4v) is 4.29. The number of nitrogens with zero attached hydrogens (tertiary/aromatic N) is 1. The number of nitrogens with two attached hydrogens (primary N) is 1. The number of likely N-dealkylation sites (tertiary alicyclic amines) is 1. The zero-order chi connectivity index (χ0) is 15.5. The van der Waals surface area contributed by atoms with Gasteiger partial charge in [0.2, 0.25) is 5.91 Å². The fraction of sp³-hybridized carbons (Fsp3) is 0.625. The van der Waals surface area contributed by atoms with Crippen LogP contribution in [0.2, 0.25) is 0 Å². The smallest absolute Gasteiger partial charge is 0.264 e. The summed E-state index contributed by atoms with van der Waals surface area (Å²) in [6, 6.07) is 3.54. The lowest BCUT2D eigenvalue weighted by Gasteiger charge is -2.26. The first-order valence-corrected chi connectivity index (χ1v) is 8.93. The summed E-state index contributed by atoms with van der Waals surface area (Å²) in [6.45, 7) is 1.28. The molecule has 3 N–H and O–H groups in total. The molecule has 2 heterocycles. The van der Waals surface area contributed by atoms with Crippen LogP contribution in [-0.2, 0) is 4.79 Å². The molecule has 0 bridgehead atoms. The Balaban J connectivity index is 1.65. The molecule has 2 fully saturated rings. The van der Waals surface area contributed by atoms with Crippen molar-refractivity contribution in [3.63, 3.8) is 0 Å². The Morgan fingerprint density at radius 3 is 2.91 bits per heavy atom. The molecule has 1 aliphatic heterocycles. The van der Waals surface area contributed by atoms with Gasteiger partial charge in [0.05, 0.1) is 4.88 Å². The van der Waals surface area contributed by atoms with Crippen molar-refractivity contribution >= 4 is 23.2 Å². The molecule has 1 aromatic rings. The molecule has 0 radical (unpaired) electrons. The highest BCUT2D eigenvalue weighted by molar-refractivity contribution is 7.12. The van der Waals surface area contributed by atoms with Gasteiger partial charge in [-0.05, 0) is 49.6 Å². The van der Waals surface area contributed by atoms with Gasteiger partial charge in [-0.15, -0.1) is 11.3 Å². The molecule has 0 spiro atoms. The monoisotopic (exact) mass is 321 g/mol. The van der Waals surface area contributed by atoms with Crippen molar-refractivity contribution in [1.82, 2.24) is 10.2 Å². The first-order valence-electron chi connectivity index (χ1n) is 8.05. The summed E-state index contributed by atoms with van der Waals surface area (Å²) >= 11 is 1.43. The molecule has 1 aliphatic carbocycles. The number of amides is 2. The molecule has 3 unspecified atom stereocenters. The van der Waals surface area contributed by atoms with E-state index in [1.54, 1.807) is 4.90 Å². The van der Waals surface area contributed by atoms with Crippen LogP contribution >= 0.6 is 11.3 Å². The van der Waals surface area contributed by atoms with E-state index < -0.39 is 0 Å². The van der Waals surface area contributed by atoms with Gasteiger partial charge < -0.3 is 16.0 Å². The topological polar surface area (TPSA) is 75.4 Å². The van der Waals surface area contributed by atoms with E-state index in [0.717, 1.165) is 32.1 Å². The average Bonchev–Trinajstić information content (AvgIpc) is 3.26. The normalized spacial score (nSPS) is 28.0. The molecule has 120 valence electrons. The van der Waals surface area contributed by atoms with E-state index >= 15 is 0 Å². The van der Waals surface area contributed by atoms with E-state index in [-0.39, 0.29) is 23.9 Å². The first kappa shape index (κ1) is 15.5. The SMILES string of the molecule is NCC1CCCC1NC(=O)C1CCCN1C(=O)c1cccs1. The number of hydrogen-bond acceptors (Lipinski definition) is 4. The van der Waals surface area contributed by atoms with E-state index in [4.69, 9.17) is 5.73 Å². The van der Waals surface area contributed by atoms with E-state index in [9.17, 15) is 9.59 Å².